The third-order valence-electron chi connectivity index (χ3n) is 4.72. The van der Waals surface area contributed by atoms with Crippen LogP contribution < -0.4 is 5.32 Å². The highest BCUT2D eigenvalue weighted by Crippen LogP contribution is 2.28. The van der Waals surface area contributed by atoms with E-state index in [0.717, 1.165) is 18.4 Å². The molecule has 2 amide bonds. The van der Waals surface area contributed by atoms with Crippen LogP contribution in [0.1, 0.15) is 41.5 Å². The number of aromatic nitrogens is 2. The molecule has 0 aliphatic heterocycles. The lowest BCUT2D eigenvalue weighted by molar-refractivity contribution is -0.144. The number of nitrogens with zero attached hydrogens (tertiary/aromatic N) is 2. The molecule has 3 rings (SSSR count). The van der Waals surface area contributed by atoms with Gasteiger partial charge in [0.1, 0.15) is 11.8 Å². The van der Waals surface area contributed by atoms with Gasteiger partial charge in [0, 0.05) is 25.2 Å². The zero-order valence-corrected chi connectivity index (χ0v) is 16.4. The van der Waals surface area contributed by atoms with Gasteiger partial charge in [-0.25, -0.2) is 0 Å². The normalized spacial score (nSPS) is 14.9. The molecule has 1 aromatic heterocycles. The van der Waals surface area contributed by atoms with Crippen molar-refractivity contribution in [1.29, 1.82) is 0 Å². The number of alkyl halides is 3. The minimum absolute atomic E-state index is 0.0967. The van der Waals surface area contributed by atoms with Crippen molar-refractivity contribution < 1.29 is 27.5 Å². The van der Waals surface area contributed by atoms with Gasteiger partial charge in [0.05, 0.1) is 6.61 Å². The fourth-order valence-corrected chi connectivity index (χ4v) is 2.92. The Hall–Kier alpha value is -2.88. The molecule has 1 unspecified atom stereocenters. The Bertz CT molecular complexity index is 866. The largest absolute Gasteiger partial charge is 0.432 e. The summed E-state index contributed by atoms with van der Waals surface area (Å²) in [4.78, 5) is 26.4. The molecule has 0 radical (unpaired) electrons. The van der Waals surface area contributed by atoms with E-state index in [4.69, 9.17) is 4.74 Å². The number of carbonyl (C=O) groups is 2. The number of ether oxygens (including phenoxy) is 1. The molecule has 2 N–H and O–H groups in total. The second kappa shape index (κ2) is 9.29. The van der Waals surface area contributed by atoms with Gasteiger partial charge in [-0.3, -0.25) is 14.7 Å². The first-order chi connectivity index (χ1) is 14.3. The highest BCUT2D eigenvalue weighted by atomic mass is 19.4. The zero-order chi connectivity index (χ0) is 21.7. The van der Waals surface area contributed by atoms with Gasteiger partial charge in [-0.05, 0) is 25.3 Å². The predicted molar refractivity (Wildman–Crippen MR) is 101 cm³/mol. The SMILES string of the molecule is CC(OCc1ccccc1)C(=O)N(CCNC(=O)c1cc(C(F)(F)F)[nH]n1)C1CC1. The van der Waals surface area contributed by atoms with Crippen LogP contribution in [-0.2, 0) is 22.3 Å². The second-order valence-electron chi connectivity index (χ2n) is 7.12. The minimum Gasteiger partial charge on any atom is -0.364 e. The Balaban J connectivity index is 1.48. The van der Waals surface area contributed by atoms with E-state index in [9.17, 15) is 22.8 Å². The third kappa shape index (κ3) is 5.82. The molecule has 1 atom stereocenters. The van der Waals surface area contributed by atoms with Crippen LogP contribution in [0.4, 0.5) is 13.2 Å². The maximum absolute atomic E-state index is 12.8. The van der Waals surface area contributed by atoms with Crippen molar-refractivity contribution in [2.24, 2.45) is 0 Å². The quantitative estimate of drug-likeness (QED) is 0.648. The Morgan fingerprint density at radius 3 is 2.60 bits per heavy atom. The summed E-state index contributed by atoms with van der Waals surface area (Å²) in [5.41, 5.74) is -0.488. The number of rotatable bonds is 9. The van der Waals surface area contributed by atoms with Gasteiger partial charge in [0.2, 0.25) is 0 Å². The predicted octanol–water partition coefficient (Wildman–Crippen LogP) is 2.75. The van der Waals surface area contributed by atoms with Crippen molar-refractivity contribution in [2.75, 3.05) is 13.1 Å². The summed E-state index contributed by atoms with van der Waals surface area (Å²) in [5.74, 6) is -0.917. The van der Waals surface area contributed by atoms with Crippen molar-refractivity contribution >= 4 is 11.8 Å². The molecular formula is C20H23F3N4O3. The molecule has 1 aliphatic carbocycles. The number of aromatic amines is 1. The number of hydrogen-bond acceptors (Lipinski definition) is 4. The second-order valence-corrected chi connectivity index (χ2v) is 7.12. The summed E-state index contributed by atoms with van der Waals surface area (Å²) in [7, 11) is 0. The molecule has 10 heteroatoms. The van der Waals surface area contributed by atoms with Crippen molar-refractivity contribution in [1.82, 2.24) is 20.4 Å². The maximum atomic E-state index is 12.8. The molecule has 2 aromatic rings. The molecule has 1 saturated carbocycles. The van der Waals surface area contributed by atoms with Crippen LogP contribution in [-0.4, -0.2) is 52.1 Å². The van der Waals surface area contributed by atoms with Crippen LogP contribution in [0.25, 0.3) is 0 Å². The summed E-state index contributed by atoms with van der Waals surface area (Å²) in [6, 6.07) is 10.2. The first-order valence-electron chi connectivity index (χ1n) is 9.62. The lowest BCUT2D eigenvalue weighted by Crippen LogP contribution is -2.44. The minimum atomic E-state index is -4.60. The summed E-state index contributed by atoms with van der Waals surface area (Å²) in [6.07, 6.45) is -3.50. The number of carbonyl (C=O) groups excluding carboxylic acids is 2. The van der Waals surface area contributed by atoms with Gasteiger partial charge in [-0.1, -0.05) is 30.3 Å². The van der Waals surface area contributed by atoms with E-state index in [1.807, 2.05) is 30.3 Å². The molecule has 1 heterocycles. The molecule has 7 nitrogen and oxygen atoms in total. The van der Waals surface area contributed by atoms with E-state index >= 15 is 0 Å². The van der Waals surface area contributed by atoms with E-state index in [1.54, 1.807) is 16.9 Å². The first-order valence-corrected chi connectivity index (χ1v) is 9.62. The summed E-state index contributed by atoms with van der Waals surface area (Å²) in [5, 5.41) is 7.69. The molecule has 1 aliphatic rings. The number of amides is 2. The molecule has 1 fully saturated rings. The van der Waals surface area contributed by atoms with Crippen LogP contribution in [0, 0.1) is 0 Å². The molecule has 0 spiro atoms. The Kier molecular flexibility index (Phi) is 6.76. The maximum Gasteiger partial charge on any atom is 0.432 e. The number of nitrogens with one attached hydrogen (secondary N) is 2. The average molecular weight is 424 g/mol. The summed E-state index contributed by atoms with van der Waals surface area (Å²) >= 11 is 0. The summed E-state index contributed by atoms with van der Waals surface area (Å²) < 4.78 is 43.5. The Morgan fingerprint density at radius 1 is 1.30 bits per heavy atom. The lowest BCUT2D eigenvalue weighted by Gasteiger charge is -2.26. The molecule has 0 bridgehead atoms. The van der Waals surface area contributed by atoms with Crippen LogP contribution in [0.15, 0.2) is 36.4 Å². The lowest BCUT2D eigenvalue weighted by atomic mass is 10.2. The zero-order valence-electron chi connectivity index (χ0n) is 16.4. The highest BCUT2D eigenvalue weighted by molar-refractivity contribution is 5.92. The molecule has 30 heavy (non-hydrogen) atoms. The number of benzene rings is 1. The van der Waals surface area contributed by atoms with E-state index in [0.29, 0.717) is 12.7 Å². The van der Waals surface area contributed by atoms with Crippen LogP contribution in [0.3, 0.4) is 0 Å². The first kappa shape index (κ1) is 21.8. The fraction of sp³-hybridized carbons (Fsp3) is 0.450. The van der Waals surface area contributed by atoms with E-state index in [-0.39, 0.29) is 30.7 Å². The van der Waals surface area contributed by atoms with Crippen molar-refractivity contribution in [3.8, 4) is 0 Å². The van der Waals surface area contributed by atoms with Crippen LogP contribution >= 0.6 is 0 Å². The van der Waals surface area contributed by atoms with E-state index < -0.39 is 23.9 Å². The van der Waals surface area contributed by atoms with Gasteiger partial charge in [0.15, 0.2) is 5.69 Å². The molecule has 162 valence electrons. The molecule has 0 saturated heterocycles. The van der Waals surface area contributed by atoms with E-state index in [1.165, 1.54) is 0 Å². The average Bonchev–Trinajstić information content (AvgIpc) is 3.42. The van der Waals surface area contributed by atoms with Crippen LogP contribution in [0.2, 0.25) is 0 Å². The molecule has 1 aromatic carbocycles. The highest BCUT2D eigenvalue weighted by Gasteiger charge is 2.35. The van der Waals surface area contributed by atoms with Crippen LogP contribution in [0.5, 0.6) is 0 Å². The van der Waals surface area contributed by atoms with Gasteiger partial charge < -0.3 is 15.0 Å². The summed E-state index contributed by atoms with van der Waals surface area (Å²) in [6.45, 7) is 2.33. The number of halogens is 3. The number of H-pyrrole nitrogens is 1. The van der Waals surface area contributed by atoms with Gasteiger partial charge in [0.25, 0.3) is 11.8 Å². The third-order valence-corrected chi connectivity index (χ3v) is 4.72. The van der Waals surface area contributed by atoms with Gasteiger partial charge in [-0.2, -0.15) is 18.3 Å². The van der Waals surface area contributed by atoms with Crippen molar-refractivity contribution in [3.05, 3.63) is 53.3 Å². The monoisotopic (exact) mass is 424 g/mol. The Morgan fingerprint density at radius 2 is 2.00 bits per heavy atom. The topological polar surface area (TPSA) is 87.3 Å². The smallest absolute Gasteiger partial charge is 0.364 e. The van der Waals surface area contributed by atoms with Gasteiger partial charge in [-0.15, -0.1) is 0 Å². The van der Waals surface area contributed by atoms with Crippen molar-refractivity contribution in [2.45, 2.75) is 44.7 Å². The fourth-order valence-electron chi connectivity index (χ4n) is 2.92. The molecular weight excluding hydrogens is 401 g/mol. The number of hydrogen-bond donors (Lipinski definition) is 2. The Labute approximate surface area is 171 Å². The van der Waals surface area contributed by atoms with Crippen molar-refractivity contribution in [3.63, 3.8) is 0 Å². The van der Waals surface area contributed by atoms with E-state index in [2.05, 4.69) is 10.4 Å². The van der Waals surface area contributed by atoms with Gasteiger partial charge >= 0.3 is 6.18 Å². The standard InChI is InChI=1S/C20H23F3N4O3/c1-13(30-12-14-5-3-2-4-6-14)19(29)27(15-7-8-15)10-9-24-18(28)16-11-17(26-25-16)20(21,22)23/h2-6,11,13,15H,7-10,12H2,1H3,(H,24,28)(H,25,26).